The number of piperidine rings is 1. The molecule has 0 radical (unpaired) electrons. The smallest absolute Gasteiger partial charge is 0.214 e. The lowest BCUT2D eigenvalue weighted by Gasteiger charge is -2.38. The van der Waals surface area contributed by atoms with E-state index in [1.54, 1.807) is 4.31 Å². The minimum atomic E-state index is -3.03. The Morgan fingerprint density at radius 2 is 1.70 bits per heavy atom. The molecule has 4 nitrogen and oxygen atoms in total. The van der Waals surface area contributed by atoms with E-state index in [1.165, 1.54) is 25.7 Å². The number of sulfonamides is 1. The molecule has 5 heteroatoms. The highest BCUT2D eigenvalue weighted by molar-refractivity contribution is 7.89. The number of hydrogen-bond donors (Lipinski definition) is 1. The molecule has 0 amide bonds. The highest BCUT2D eigenvalue weighted by atomic mass is 32.2. The zero-order valence-electron chi connectivity index (χ0n) is 13.0. The number of nitrogens with one attached hydrogen (secondary N) is 1. The third-order valence-electron chi connectivity index (χ3n) is 4.97. The van der Waals surface area contributed by atoms with Crippen molar-refractivity contribution in [3.63, 3.8) is 0 Å². The molecule has 0 bridgehead atoms. The first kappa shape index (κ1) is 16.2. The molecule has 1 spiro atoms. The van der Waals surface area contributed by atoms with E-state index in [-0.39, 0.29) is 0 Å². The Bertz CT molecular complexity index is 390. The largest absolute Gasteiger partial charge is 0.314 e. The van der Waals surface area contributed by atoms with Gasteiger partial charge in [-0.3, -0.25) is 0 Å². The fourth-order valence-corrected chi connectivity index (χ4v) is 5.14. The van der Waals surface area contributed by atoms with Crippen LogP contribution < -0.4 is 5.32 Å². The topological polar surface area (TPSA) is 49.4 Å². The van der Waals surface area contributed by atoms with E-state index in [9.17, 15) is 8.42 Å². The third kappa shape index (κ3) is 4.18. The summed E-state index contributed by atoms with van der Waals surface area (Å²) in [7, 11) is -3.03. The summed E-state index contributed by atoms with van der Waals surface area (Å²) in [6.45, 7) is 6.45. The second-order valence-corrected chi connectivity index (χ2v) is 8.97. The van der Waals surface area contributed by atoms with E-state index in [0.717, 1.165) is 32.5 Å². The van der Waals surface area contributed by atoms with Crippen molar-refractivity contribution >= 4 is 10.0 Å². The lowest BCUT2D eigenvalue weighted by Crippen LogP contribution is -2.43. The van der Waals surface area contributed by atoms with Crippen molar-refractivity contribution < 1.29 is 8.42 Å². The van der Waals surface area contributed by atoms with Crippen molar-refractivity contribution in [3.05, 3.63) is 0 Å². The molecule has 20 heavy (non-hydrogen) atoms. The summed E-state index contributed by atoms with van der Waals surface area (Å²) >= 11 is 0. The summed E-state index contributed by atoms with van der Waals surface area (Å²) in [6, 6.07) is 0.426. The molecule has 1 heterocycles. The van der Waals surface area contributed by atoms with Crippen LogP contribution in [0.5, 0.6) is 0 Å². The molecule has 0 aromatic carbocycles. The molecule has 1 saturated carbocycles. The Morgan fingerprint density at radius 1 is 1.10 bits per heavy atom. The standard InChI is InChI=1S/C15H30N2O2S/c1-14(2)16-10-5-13-20(18,19)17-11-8-15(9-12-17)6-3-4-7-15/h14,16H,3-13H2,1-2H3. The van der Waals surface area contributed by atoms with Crippen LogP contribution in [-0.4, -0.2) is 44.2 Å². The van der Waals surface area contributed by atoms with Crippen LogP contribution in [0.2, 0.25) is 0 Å². The van der Waals surface area contributed by atoms with E-state index < -0.39 is 10.0 Å². The number of nitrogens with zero attached hydrogens (tertiary/aromatic N) is 1. The van der Waals surface area contributed by atoms with Gasteiger partial charge in [0.05, 0.1) is 5.75 Å². The van der Waals surface area contributed by atoms with Gasteiger partial charge in [0.2, 0.25) is 10.0 Å². The van der Waals surface area contributed by atoms with Gasteiger partial charge in [-0.05, 0) is 44.1 Å². The van der Waals surface area contributed by atoms with E-state index in [1.807, 2.05) is 0 Å². The van der Waals surface area contributed by atoms with Crippen LogP contribution >= 0.6 is 0 Å². The van der Waals surface area contributed by atoms with Gasteiger partial charge in [0.25, 0.3) is 0 Å². The predicted octanol–water partition coefficient (Wildman–Crippen LogP) is 2.36. The summed E-state index contributed by atoms with van der Waals surface area (Å²) in [4.78, 5) is 0. The van der Waals surface area contributed by atoms with Gasteiger partial charge >= 0.3 is 0 Å². The molecule has 0 unspecified atom stereocenters. The quantitative estimate of drug-likeness (QED) is 0.766. The lowest BCUT2D eigenvalue weighted by atomic mass is 9.78. The second kappa shape index (κ2) is 6.75. The Morgan fingerprint density at radius 3 is 2.25 bits per heavy atom. The van der Waals surface area contributed by atoms with Crippen LogP contribution in [0.1, 0.15) is 58.8 Å². The molecule has 2 aliphatic rings. The van der Waals surface area contributed by atoms with Crippen molar-refractivity contribution in [2.24, 2.45) is 5.41 Å². The predicted molar refractivity (Wildman–Crippen MR) is 83.3 cm³/mol. The molecule has 2 fully saturated rings. The van der Waals surface area contributed by atoms with Gasteiger partial charge < -0.3 is 5.32 Å². The molecule has 1 aliphatic carbocycles. The van der Waals surface area contributed by atoms with Gasteiger partial charge in [0.1, 0.15) is 0 Å². The summed E-state index contributed by atoms with van der Waals surface area (Å²) in [5.74, 6) is 0.291. The van der Waals surface area contributed by atoms with Gasteiger partial charge in [-0.25, -0.2) is 12.7 Å². The van der Waals surface area contributed by atoms with Gasteiger partial charge in [0.15, 0.2) is 0 Å². The van der Waals surface area contributed by atoms with Crippen molar-refractivity contribution in [1.82, 2.24) is 9.62 Å². The first-order valence-corrected chi connectivity index (χ1v) is 9.76. The van der Waals surface area contributed by atoms with Crippen molar-refractivity contribution in [2.45, 2.75) is 64.8 Å². The Balaban J connectivity index is 1.76. The fourth-order valence-electron chi connectivity index (χ4n) is 3.64. The number of rotatable bonds is 6. The average Bonchev–Trinajstić information content (AvgIpc) is 2.83. The maximum absolute atomic E-state index is 12.3. The van der Waals surface area contributed by atoms with Gasteiger partial charge in [-0.15, -0.1) is 0 Å². The Labute approximate surface area is 124 Å². The zero-order valence-corrected chi connectivity index (χ0v) is 13.8. The molecular formula is C15H30N2O2S. The van der Waals surface area contributed by atoms with Gasteiger partial charge in [-0.1, -0.05) is 26.7 Å². The molecule has 0 aromatic heterocycles. The van der Waals surface area contributed by atoms with Gasteiger partial charge in [0, 0.05) is 19.1 Å². The average molecular weight is 302 g/mol. The summed E-state index contributed by atoms with van der Waals surface area (Å²) < 4.78 is 26.4. The van der Waals surface area contributed by atoms with Gasteiger partial charge in [-0.2, -0.15) is 0 Å². The Kier molecular flexibility index (Phi) is 5.49. The highest BCUT2D eigenvalue weighted by Crippen LogP contribution is 2.46. The third-order valence-corrected chi connectivity index (χ3v) is 6.93. The monoisotopic (exact) mass is 302 g/mol. The normalized spacial score (nSPS) is 23.8. The molecule has 1 aliphatic heterocycles. The molecule has 118 valence electrons. The molecule has 1 saturated heterocycles. The molecular weight excluding hydrogens is 272 g/mol. The van der Waals surface area contributed by atoms with Crippen LogP contribution in [0.25, 0.3) is 0 Å². The van der Waals surface area contributed by atoms with Crippen LogP contribution in [0.3, 0.4) is 0 Å². The van der Waals surface area contributed by atoms with Crippen LogP contribution in [-0.2, 0) is 10.0 Å². The lowest BCUT2D eigenvalue weighted by molar-refractivity contribution is 0.160. The first-order chi connectivity index (χ1) is 9.44. The highest BCUT2D eigenvalue weighted by Gasteiger charge is 2.39. The van der Waals surface area contributed by atoms with Crippen LogP contribution in [0, 0.1) is 5.41 Å². The van der Waals surface area contributed by atoms with Crippen LogP contribution in [0.4, 0.5) is 0 Å². The zero-order chi connectivity index (χ0) is 14.6. The van der Waals surface area contributed by atoms with E-state index >= 15 is 0 Å². The Hall–Kier alpha value is -0.130. The summed E-state index contributed by atoms with van der Waals surface area (Å²) in [6.07, 6.45) is 8.19. The summed E-state index contributed by atoms with van der Waals surface area (Å²) in [5, 5.41) is 3.28. The second-order valence-electron chi connectivity index (χ2n) is 6.88. The molecule has 0 atom stereocenters. The van der Waals surface area contributed by atoms with Crippen molar-refractivity contribution in [1.29, 1.82) is 0 Å². The number of hydrogen-bond acceptors (Lipinski definition) is 3. The van der Waals surface area contributed by atoms with E-state index in [4.69, 9.17) is 0 Å². The van der Waals surface area contributed by atoms with Crippen LogP contribution in [0.15, 0.2) is 0 Å². The minimum Gasteiger partial charge on any atom is -0.314 e. The maximum atomic E-state index is 12.3. The first-order valence-electron chi connectivity index (χ1n) is 8.15. The minimum absolute atomic E-state index is 0.291. The SMILES string of the molecule is CC(C)NCCCS(=O)(=O)N1CCC2(CCCC2)CC1. The fraction of sp³-hybridized carbons (Fsp3) is 1.00. The maximum Gasteiger partial charge on any atom is 0.214 e. The van der Waals surface area contributed by atoms with E-state index in [2.05, 4.69) is 19.2 Å². The molecule has 2 rings (SSSR count). The van der Waals surface area contributed by atoms with E-state index in [0.29, 0.717) is 23.6 Å². The van der Waals surface area contributed by atoms with Crippen molar-refractivity contribution in [3.8, 4) is 0 Å². The molecule has 0 aromatic rings. The van der Waals surface area contributed by atoms with Crippen molar-refractivity contribution in [2.75, 3.05) is 25.4 Å². The summed E-state index contributed by atoms with van der Waals surface area (Å²) in [5.41, 5.74) is 0.491. The molecule has 1 N–H and O–H groups in total.